The molecule has 0 fully saturated rings. The monoisotopic (exact) mass is 494 g/mol. The number of benzene rings is 3. The molecule has 0 unspecified atom stereocenters. The van der Waals surface area contributed by atoms with E-state index in [1.165, 1.54) is 50.3 Å². The van der Waals surface area contributed by atoms with Crippen LogP contribution in [0, 0.1) is 20.8 Å². The van der Waals surface area contributed by atoms with E-state index in [1.807, 2.05) is 0 Å². The molecule has 3 aromatic rings. The van der Waals surface area contributed by atoms with Crippen LogP contribution >= 0.6 is 0 Å². The van der Waals surface area contributed by atoms with Gasteiger partial charge in [-0.1, -0.05) is 24.3 Å². The number of aliphatic imine (C=N–C) groups is 2. The third kappa shape index (κ3) is 5.63. The number of hydrogen-bond donors (Lipinski definition) is 2. The molecule has 2 aliphatic heterocycles. The third-order valence-electron chi connectivity index (χ3n) is 7.32. The van der Waals surface area contributed by atoms with E-state index < -0.39 is 0 Å². The summed E-state index contributed by atoms with van der Waals surface area (Å²) in [5, 5.41) is 6.74. The highest BCUT2D eigenvalue weighted by Gasteiger charge is 2.14. The summed E-state index contributed by atoms with van der Waals surface area (Å²) < 4.78 is 0. The van der Waals surface area contributed by atoms with Gasteiger partial charge in [-0.2, -0.15) is 0 Å². The molecule has 0 atom stereocenters. The van der Waals surface area contributed by atoms with E-state index in [4.69, 9.17) is 0 Å². The molecule has 0 saturated carbocycles. The number of amidine groups is 2. The fraction of sp³-hybridized carbons (Fsp3) is 0.355. The quantitative estimate of drug-likeness (QED) is 0.481. The number of aryl methyl sites for hydroxylation is 3. The zero-order valence-corrected chi connectivity index (χ0v) is 22.7. The molecule has 37 heavy (non-hydrogen) atoms. The predicted molar refractivity (Wildman–Crippen MR) is 157 cm³/mol. The van der Waals surface area contributed by atoms with Crippen molar-refractivity contribution < 1.29 is 0 Å². The molecule has 2 N–H and O–H groups in total. The first-order chi connectivity index (χ1) is 17.9. The average molecular weight is 495 g/mol. The lowest BCUT2D eigenvalue weighted by Crippen LogP contribution is -2.22. The van der Waals surface area contributed by atoms with Crippen LogP contribution in [0.25, 0.3) is 0 Å². The SMILES string of the molecule is Cc1cc(N(C)Cc2ccc(C3=NCCN3)cc2C)cc(N(C)Cc2ccc(C3=NCCN3)cc2C)c1. The normalized spacial score (nSPS) is 14.6. The first-order valence-electron chi connectivity index (χ1n) is 13.2. The van der Waals surface area contributed by atoms with E-state index in [-0.39, 0.29) is 0 Å². The summed E-state index contributed by atoms with van der Waals surface area (Å²) >= 11 is 0. The molecule has 3 aromatic carbocycles. The van der Waals surface area contributed by atoms with Crippen molar-refractivity contribution in [3.05, 3.63) is 93.5 Å². The molecule has 192 valence electrons. The van der Waals surface area contributed by atoms with E-state index >= 15 is 0 Å². The topological polar surface area (TPSA) is 55.3 Å². The average Bonchev–Trinajstić information content (AvgIpc) is 3.61. The summed E-state index contributed by atoms with van der Waals surface area (Å²) in [6.45, 7) is 11.9. The third-order valence-corrected chi connectivity index (χ3v) is 7.32. The van der Waals surface area contributed by atoms with Crippen molar-refractivity contribution in [1.82, 2.24) is 10.6 Å². The highest BCUT2D eigenvalue weighted by molar-refractivity contribution is 6.00. The van der Waals surface area contributed by atoms with Gasteiger partial charge in [-0.15, -0.1) is 0 Å². The van der Waals surface area contributed by atoms with Gasteiger partial charge in [0, 0.05) is 62.8 Å². The molecule has 5 rings (SSSR count). The fourth-order valence-electron chi connectivity index (χ4n) is 5.10. The second-order valence-corrected chi connectivity index (χ2v) is 10.3. The first-order valence-corrected chi connectivity index (χ1v) is 13.2. The molecule has 0 saturated heterocycles. The van der Waals surface area contributed by atoms with Gasteiger partial charge in [0.05, 0.1) is 13.1 Å². The first kappa shape index (κ1) is 24.9. The minimum atomic E-state index is 0.858. The Morgan fingerprint density at radius 2 is 1.11 bits per heavy atom. The Labute approximate surface area is 221 Å². The Morgan fingerprint density at radius 3 is 1.49 bits per heavy atom. The molecule has 2 aliphatic rings. The lowest BCUT2D eigenvalue weighted by atomic mass is 10.0. The summed E-state index contributed by atoms with van der Waals surface area (Å²) in [6, 6.07) is 20.2. The van der Waals surface area contributed by atoms with Crippen LogP contribution in [0.2, 0.25) is 0 Å². The van der Waals surface area contributed by atoms with Crippen molar-refractivity contribution in [2.45, 2.75) is 33.9 Å². The largest absolute Gasteiger partial charge is 0.370 e. The Hall–Kier alpha value is -3.80. The molecule has 6 heteroatoms. The molecule has 0 aliphatic carbocycles. The Kier molecular flexibility index (Phi) is 7.17. The van der Waals surface area contributed by atoms with Crippen LogP contribution in [-0.2, 0) is 13.1 Å². The second kappa shape index (κ2) is 10.7. The van der Waals surface area contributed by atoms with Crippen molar-refractivity contribution in [1.29, 1.82) is 0 Å². The van der Waals surface area contributed by atoms with Gasteiger partial charge in [-0.3, -0.25) is 9.98 Å². The van der Waals surface area contributed by atoms with Crippen LogP contribution in [0.3, 0.4) is 0 Å². The van der Waals surface area contributed by atoms with Gasteiger partial charge in [-0.25, -0.2) is 0 Å². The van der Waals surface area contributed by atoms with E-state index in [1.54, 1.807) is 0 Å². The minimum Gasteiger partial charge on any atom is -0.370 e. The van der Waals surface area contributed by atoms with Crippen molar-refractivity contribution in [2.75, 3.05) is 50.1 Å². The van der Waals surface area contributed by atoms with E-state index in [9.17, 15) is 0 Å². The van der Waals surface area contributed by atoms with Gasteiger partial charge in [0.15, 0.2) is 0 Å². The fourth-order valence-corrected chi connectivity index (χ4v) is 5.10. The lowest BCUT2D eigenvalue weighted by Gasteiger charge is -2.26. The number of nitrogens with zero attached hydrogens (tertiary/aromatic N) is 4. The van der Waals surface area contributed by atoms with Crippen molar-refractivity contribution in [2.24, 2.45) is 9.98 Å². The van der Waals surface area contributed by atoms with Crippen LogP contribution in [0.5, 0.6) is 0 Å². The van der Waals surface area contributed by atoms with E-state index in [0.717, 1.165) is 50.9 Å². The van der Waals surface area contributed by atoms with Gasteiger partial charge in [-0.05, 0) is 78.9 Å². The molecule has 0 spiro atoms. The summed E-state index contributed by atoms with van der Waals surface area (Å²) in [5.74, 6) is 2.03. The van der Waals surface area contributed by atoms with Crippen LogP contribution in [0.1, 0.15) is 38.9 Å². The molecule has 2 heterocycles. The van der Waals surface area contributed by atoms with Crippen molar-refractivity contribution >= 4 is 23.0 Å². The molecule has 0 bridgehead atoms. The smallest absolute Gasteiger partial charge is 0.128 e. The van der Waals surface area contributed by atoms with Gasteiger partial charge in [0.2, 0.25) is 0 Å². The van der Waals surface area contributed by atoms with Gasteiger partial charge < -0.3 is 20.4 Å². The number of hydrogen-bond acceptors (Lipinski definition) is 6. The zero-order valence-electron chi connectivity index (χ0n) is 22.7. The minimum absolute atomic E-state index is 0.858. The van der Waals surface area contributed by atoms with Crippen LogP contribution in [-0.4, -0.2) is 51.9 Å². The summed E-state index contributed by atoms with van der Waals surface area (Å²) in [4.78, 5) is 13.8. The number of nitrogens with one attached hydrogen (secondary N) is 2. The van der Waals surface area contributed by atoms with E-state index in [0.29, 0.717) is 0 Å². The Morgan fingerprint density at radius 1 is 0.649 bits per heavy atom. The molecule has 0 radical (unpaired) electrons. The van der Waals surface area contributed by atoms with Gasteiger partial charge in [0.25, 0.3) is 0 Å². The second-order valence-electron chi connectivity index (χ2n) is 10.3. The van der Waals surface area contributed by atoms with E-state index in [2.05, 4.69) is 120 Å². The Bertz CT molecular complexity index is 1260. The predicted octanol–water partition coefficient (Wildman–Crippen LogP) is 4.58. The maximum atomic E-state index is 4.56. The Balaban J connectivity index is 1.30. The molecular weight excluding hydrogens is 456 g/mol. The summed E-state index contributed by atoms with van der Waals surface area (Å²) in [5.41, 5.74) is 11.3. The van der Waals surface area contributed by atoms with Crippen LogP contribution in [0.4, 0.5) is 11.4 Å². The summed E-state index contributed by atoms with van der Waals surface area (Å²) in [6.07, 6.45) is 0. The van der Waals surface area contributed by atoms with Crippen LogP contribution in [0.15, 0.2) is 64.6 Å². The molecule has 0 amide bonds. The maximum Gasteiger partial charge on any atom is 0.128 e. The van der Waals surface area contributed by atoms with Gasteiger partial charge in [0.1, 0.15) is 11.7 Å². The van der Waals surface area contributed by atoms with Crippen molar-refractivity contribution in [3.8, 4) is 0 Å². The van der Waals surface area contributed by atoms with Crippen LogP contribution < -0.4 is 20.4 Å². The molecular formula is C31H38N6. The zero-order chi connectivity index (χ0) is 25.9. The molecule has 6 nitrogen and oxygen atoms in total. The molecule has 0 aromatic heterocycles. The number of rotatable bonds is 8. The highest BCUT2D eigenvalue weighted by atomic mass is 15.1. The van der Waals surface area contributed by atoms with Gasteiger partial charge >= 0.3 is 0 Å². The lowest BCUT2D eigenvalue weighted by molar-refractivity contribution is 0.896. The standard InChI is InChI=1S/C31H38N6/c1-21-14-28(36(4)19-26-8-6-24(16-22(26)2)30-32-10-11-33-30)18-29(15-21)37(5)20-27-9-7-25(17-23(27)3)31-34-12-13-35-31/h6-9,14-18H,10-13,19-20H2,1-5H3,(H,32,33)(H,34,35). The number of anilines is 2. The summed E-state index contributed by atoms with van der Waals surface area (Å²) in [7, 11) is 4.36. The van der Waals surface area contributed by atoms with Crippen molar-refractivity contribution in [3.63, 3.8) is 0 Å². The maximum absolute atomic E-state index is 4.56. The highest BCUT2D eigenvalue weighted by Crippen LogP contribution is 2.27.